The topological polar surface area (TPSA) is 77.0 Å². The molecule has 0 saturated carbocycles. The highest BCUT2D eigenvalue weighted by molar-refractivity contribution is 5.92. The van der Waals surface area contributed by atoms with Gasteiger partial charge in [-0.05, 0) is 55.2 Å². The molecule has 2 atom stereocenters. The average Bonchev–Trinajstić information content (AvgIpc) is 3.26. The van der Waals surface area contributed by atoms with Crippen molar-refractivity contribution in [3.8, 4) is 0 Å². The van der Waals surface area contributed by atoms with Gasteiger partial charge in [-0.2, -0.15) is 0 Å². The van der Waals surface area contributed by atoms with Crippen molar-refractivity contribution in [1.29, 1.82) is 0 Å². The van der Waals surface area contributed by atoms with Crippen LogP contribution in [-0.4, -0.2) is 37.9 Å². The van der Waals surface area contributed by atoms with Crippen LogP contribution < -0.4 is 5.73 Å². The van der Waals surface area contributed by atoms with Gasteiger partial charge in [-0.3, -0.25) is 14.4 Å². The van der Waals surface area contributed by atoms with Crippen LogP contribution in [0.3, 0.4) is 0 Å². The van der Waals surface area contributed by atoms with E-state index in [4.69, 9.17) is 5.73 Å². The van der Waals surface area contributed by atoms with Gasteiger partial charge in [0.05, 0.1) is 5.69 Å². The van der Waals surface area contributed by atoms with Gasteiger partial charge >= 0.3 is 0 Å². The molecule has 1 amide bonds. The number of nitrogens with two attached hydrogens (primary N) is 1. The molecule has 0 aliphatic carbocycles. The molecule has 2 saturated heterocycles. The van der Waals surface area contributed by atoms with Crippen molar-refractivity contribution in [3.05, 3.63) is 47.3 Å². The van der Waals surface area contributed by atoms with Crippen molar-refractivity contribution < 1.29 is 4.79 Å². The van der Waals surface area contributed by atoms with Crippen LogP contribution in [-0.2, 0) is 13.1 Å². The smallest absolute Gasteiger partial charge is 0.248 e. The molecule has 6 heteroatoms. The molecule has 0 unspecified atom stereocenters. The lowest BCUT2D eigenvalue weighted by molar-refractivity contribution is 0.0999. The third kappa shape index (κ3) is 4.37. The summed E-state index contributed by atoms with van der Waals surface area (Å²) in [6, 6.07) is 9.07. The molecule has 2 bridgehead atoms. The molecule has 1 aromatic heterocycles. The van der Waals surface area contributed by atoms with Crippen LogP contribution in [0.4, 0.5) is 0 Å². The predicted molar refractivity (Wildman–Crippen MR) is 113 cm³/mol. The van der Waals surface area contributed by atoms with Gasteiger partial charge in [0.25, 0.3) is 0 Å². The number of piperidine rings is 1. The van der Waals surface area contributed by atoms with Crippen molar-refractivity contribution in [1.82, 2.24) is 19.9 Å². The first-order chi connectivity index (χ1) is 14.1. The summed E-state index contributed by atoms with van der Waals surface area (Å²) in [5.74, 6) is 0.838. The summed E-state index contributed by atoms with van der Waals surface area (Å²) >= 11 is 0. The zero-order chi connectivity index (χ0) is 20.4. The lowest BCUT2D eigenvalue weighted by Gasteiger charge is -2.38. The molecule has 0 spiro atoms. The molecule has 6 nitrogen and oxygen atoms in total. The Morgan fingerprint density at radius 1 is 1.21 bits per heavy atom. The van der Waals surface area contributed by atoms with E-state index < -0.39 is 0 Å². The third-order valence-corrected chi connectivity index (χ3v) is 7.06. The maximum absolute atomic E-state index is 11.5. The Hall–Kier alpha value is -2.21. The van der Waals surface area contributed by atoms with Crippen LogP contribution >= 0.6 is 0 Å². The second-order valence-corrected chi connectivity index (χ2v) is 8.83. The molecule has 4 rings (SSSR count). The van der Waals surface area contributed by atoms with Crippen molar-refractivity contribution in [2.24, 2.45) is 11.7 Å². The lowest BCUT2D eigenvalue weighted by atomic mass is 9.84. The average molecular weight is 396 g/mol. The molecule has 2 N–H and O–H groups in total. The molecular weight excluding hydrogens is 362 g/mol. The van der Waals surface area contributed by atoms with Crippen molar-refractivity contribution in [2.75, 3.05) is 0 Å². The summed E-state index contributed by atoms with van der Waals surface area (Å²) in [7, 11) is 0. The zero-order valence-corrected chi connectivity index (χ0v) is 17.6. The molecule has 156 valence electrons. The van der Waals surface area contributed by atoms with Gasteiger partial charge < -0.3 is 5.73 Å². The van der Waals surface area contributed by atoms with Crippen molar-refractivity contribution in [2.45, 2.75) is 83.5 Å². The maximum Gasteiger partial charge on any atom is 0.248 e. The normalized spacial score (nSPS) is 24.3. The summed E-state index contributed by atoms with van der Waals surface area (Å²) in [6.07, 6.45) is 9.28. The highest BCUT2D eigenvalue weighted by Crippen LogP contribution is 2.43. The van der Waals surface area contributed by atoms with E-state index in [9.17, 15) is 4.79 Å². The standard InChI is InChI=1S/C23H33N5O/c1-3-16(4-2)13-27-14-20(25-26-27)15-28-21-8-9-22(28)12-19(11-21)17-6-5-7-18(10-17)23(24)29/h5-7,10,14,16,19,21-22H,3-4,8-9,11-13,15H2,1-2H3,(H2,24,29)/t21-,22-/m1/s1. The van der Waals surface area contributed by atoms with Gasteiger partial charge in [0.2, 0.25) is 5.91 Å². The second-order valence-electron chi connectivity index (χ2n) is 8.83. The summed E-state index contributed by atoms with van der Waals surface area (Å²) < 4.78 is 2.02. The van der Waals surface area contributed by atoms with Crippen LogP contribution in [0, 0.1) is 5.92 Å². The first-order valence-corrected chi connectivity index (χ1v) is 11.1. The summed E-state index contributed by atoms with van der Waals surface area (Å²) in [5, 5.41) is 8.83. The summed E-state index contributed by atoms with van der Waals surface area (Å²) in [4.78, 5) is 14.2. The SMILES string of the molecule is CCC(CC)Cn1cc(CN2[C@@H]3CC[C@@H]2CC(c2cccc(C(N)=O)c2)C3)nn1. The Balaban J connectivity index is 1.41. The number of carbonyl (C=O) groups is 1. The van der Waals surface area contributed by atoms with Gasteiger partial charge in [0.1, 0.15) is 0 Å². The number of aromatic nitrogens is 3. The van der Waals surface area contributed by atoms with E-state index >= 15 is 0 Å². The first-order valence-electron chi connectivity index (χ1n) is 11.1. The van der Waals surface area contributed by atoms with Crippen LogP contribution in [0.25, 0.3) is 0 Å². The molecule has 1 aromatic carbocycles. The van der Waals surface area contributed by atoms with E-state index in [2.05, 4.69) is 41.3 Å². The highest BCUT2D eigenvalue weighted by atomic mass is 16.1. The van der Waals surface area contributed by atoms with Crippen LogP contribution in [0.5, 0.6) is 0 Å². The number of hydrogen-bond acceptors (Lipinski definition) is 4. The lowest BCUT2D eigenvalue weighted by Crippen LogP contribution is -2.41. The fourth-order valence-electron chi connectivity index (χ4n) is 5.25. The fraction of sp³-hybridized carbons (Fsp3) is 0.609. The summed E-state index contributed by atoms with van der Waals surface area (Å²) in [6.45, 7) is 6.34. The minimum atomic E-state index is -0.344. The summed E-state index contributed by atoms with van der Waals surface area (Å²) in [5.41, 5.74) is 8.44. The van der Waals surface area contributed by atoms with Crippen molar-refractivity contribution in [3.63, 3.8) is 0 Å². The molecular formula is C23H33N5O. The van der Waals surface area contributed by atoms with E-state index in [1.54, 1.807) is 6.07 Å². The number of amides is 1. The van der Waals surface area contributed by atoms with E-state index in [0.717, 1.165) is 31.6 Å². The Morgan fingerprint density at radius 2 is 1.93 bits per heavy atom. The van der Waals surface area contributed by atoms with Gasteiger partial charge in [0, 0.05) is 36.9 Å². The van der Waals surface area contributed by atoms with Crippen LogP contribution in [0.15, 0.2) is 30.5 Å². The molecule has 2 fully saturated rings. The van der Waals surface area contributed by atoms with Crippen LogP contribution in [0.1, 0.15) is 79.9 Å². The second kappa shape index (κ2) is 8.66. The number of carbonyl (C=O) groups excluding carboxylic acids is 1. The number of primary amides is 1. The maximum atomic E-state index is 11.5. The Morgan fingerprint density at radius 3 is 2.59 bits per heavy atom. The number of fused-ring (bicyclic) bond motifs is 2. The van der Waals surface area contributed by atoms with E-state index in [-0.39, 0.29) is 5.91 Å². The molecule has 2 aliphatic rings. The minimum absolute atomic E-state index is 0.344. The van der Waals surface area contributed by atoms with E-state index in [1.807, 2.05) is 16.8 Å². The molecule has 2 aromatic rings. The van der Waals surface area contributed by atoms with E-state index in [0.29, 0.717) is 29.5 Å². The largest absolute Gasteiger partial charge is 0.366 e. The fourth-order valence-corrected chi connectivity index (χ4v) is 5.25. The predicted octanol–water partition coefficient (Wildman–Crippen LogP) is 3.72. The molecule has 3 heterocycles. The Bertz CT molecular complexity index is 829. The monoisotopic (exact) mass is 395 g/mol. The van der Waals surface area contributed by atoms with Gasteiger partial charge in [-0.15, -0.1) is 5.10 Å². The van der Waals surface area contributed by atoms with Gasteiger partial charge in [0.15, 0.2) is 0 Å². The number of benzene rings is 1. The molecule has 2 aliphatic heterocycles. The number of hydrogen-bond donors (Lipinski definition) is 1. The third-order valence-electron chi connectivity index (χ3n) is 7.06. The number of rotatable bonds is 8. The molecule has 0 radical (unpaired) electrons. The van der Waals surface area contributed by atoms with E-state index in [1.165, 1.54) is 31.2 Å². The highest BCUT2D eigenvalue weighted by Gasteiger charge is 2.41. The van der Waals surface area contributed by atoms with Gasteiger partial charge in [-0.25, -0.2) is 0 Å². The van der Waals surface area contributed by atoms with Gasteiger partial charge in [-0.1, -0.05) is 44.0 Å². The zero-order valence-electron chi connectivity index (χ0n) is 17.6. The first kappa shape index (κ1) is 20.1. The van der Waals surface area contributed by atoms with Crippen LogP contribution in [0.2, 0.25) is 0 Å². The number of nitrogens with zero attached hydrogens (tertiary/aromatic N) is 4. The quantitative estimate of drug-likeness (QED) is 0.739. The van der Waals surface area contributed by atoms with Crippen molar-refractivity contribution >= 4 is 5.91 Å². The Kier molecular flexibility index (Phi) is 5.99. The molecule has 29 heavy (non-hydrogen) atoms. The minimum Gasteiger partial charge on any atom is -0.366 e. The Labute approximate surface area is 173 Å².